The molecule has 0 heterocycles. The Morgan fingerprint density at radius 3 is 1.25 bits per heavy atom. The van der Waals surface area contributed by atoms with Gasteiger partial charge in [0.25, 0.3) is 0 Å². The van der Waals surface area contributed by atoms with Crippen LogP contribution in [0.15, 0.2) is 0 Å². The van der Waals surface area contributed by atoms with E-state index in [4.69, 9.17) is 13.2 Å². The van der Waals surface area contributed by atoms with Crippen LogP contribution in [0, 0.1) is 0 Å². The summed E-state index contributed by atoms with van der Waals surface area (Å²) in [5, 5.41) is 12.0. The molecule has 0 aliphatic carbocycles. The third kappa shape index (κ3) is 16.9. The Bertz CT molecular complexity index is 3.25. The van der Waals surface area contributed by atoms with Gasteiger partial charge < -0.3 is 0 Å². The van der Waals surface area contributed by atoms with Crippen molar-refractivity contribution in [2.24, 2.45) is 0 Å². The fourth-order valence-electron chi connectivity index (χ4n) is 0. The van der Waals surface area contributed by atoms with Crippen molar-refractivity contribution in [3.63, 3.8) is 0 Å². The molecule has 0 aliphatic rings. The molecule has 0 fully saturated rings. The van der Waals surface area contributed by atoms with Gasteiger partial charge in [-0.1, -0.05) is 0 Å². The van der Waals surface area contributed by atoms with E-state index in [1.54, 1.807) is 0 Å². The van der Waals surface area contributed by atoms with Crippen molar-refractivity contribution in [2.75, 3.05) is 0 Å². The van der Waals surface area contributed by atoms with Crippen LogP contribution in [-0.2, 0) is 28.8 Å². The second kappa shape index (κ2) is 60.0. The van der Waals surface area contributed by atoms with Crippen molar-refractivity contribution < 1.29 is 39.3 Å². The van der Waals surface area contributed by atoms with Crippen molar-refractivity contribution in [3.05, 3.63) is 0 Å². The topological polar surface area (TPSA) is 57.5 Å². The van der Waals surface area contributed by atoms with E-state index in [0.717, 1.165) is 0 Å². The standard InChI is InChI=1S/Hg.H2O2.O/c;1-2;/h;1-2H;. The van der Waals surface area contributed by atoms with Gasteiger partial charge in [0, 0.05) is 0 Å². The molecule has 0 bridgehead atoms. The Kier molecular flexibility index (Phi) is 132. The third-order valence-corrected chi connectivity index (χ3v) is 0. The Morgan fingerprint density at radius 2 is 1.25 bits per heavy atom. The molecule has 0 aromatic heterocycles. The quantitative estimate of drug-likeness (QED) is 0.359. The molecule has 4 heteroatoms. The molecule has 0 saturated heterocycles. The first-order valence-electron chi connectivity index (χ1n) is 0.489. The van der Waals surface area contributed by atoms with Crippen molar-refractivity contribution in [2.45, 2.75) is 0 Å². The molecule has 0 saturated carbocycles. The first kappa shape index (κ1) is 8.82. The molecule has 0 radical (unpaired) electrons. The first-order valence-corrected chi connectivity index (χ1v) is 2.73. The Labute approximate surface area is 39.6 Å². The fraction of sp³-hybridized carbons (Fsp3) is 0. The van der Waals surface area contributed by atoms with Crippen LogP contribution in [0.2, 0.25) is 0 Å². The Morgan fingerprint density at radius 1 is 1.25 bits per heavy atom. The molecule has 0 spiro atoms. The molecule has 0 unspecified atom stereocenters. The SMILES string of the molecule is OO.[O]=[Hg]. The van der Waals surface area contributed by atoms with Crippen LogP contribution >= 0.6 is 0 Å². The van der Waals surface area contributed by atoms with E-state index in [1.807, 2.05) is 0 Å². The molecule has 0 rings (SSSR count). The van der Waals surface area contributed by atoms with E-state index in [9.17, 15) is 0 Å². The molecule has 3 nitrogen and oxygen atoms in total. The molecule has 22 valence electrons. The molecule has 4 heavy (non-hydrogen) atoms. The normalized spacial score (nSPS) is 3.00. The molecule has 0 aromatic rings. The number of hydrogen-bond donors (Lipinski definition) is 2. The van der Waals surface area contributed by atoms with Gasteiger partial charge in [0.15, 0.2) is 0 Å². The summed E-state index contributed by atoms with van der Waals surface area (Å²) in [6.45, 7) is 0. The number of hydrogen-bond acceptors (Lipinski definition) is 3. The van der Waals surface area contributed by atoms with Crippen LogP contribution in [0.5, 0.6) is 0 Å². The average Bonchev–Trinajstić information content (AvgIpc) is 1.50. The summed E-state index contributed by atoms with van der Waals surface area (Å²) in [5.74, 6) is 0. The van der Waals surface area contributed by atoms with E-state index < -0.39 is 0 Å². The van der Waals surface area contributed by atoms with Crippen LogP contribution in [0.25, 0.3) is 0 Å². The molecule has 2 N–H and O–H groups in total. The van der Waals surface area contributed by atoms with Crippen LogP contribution in [0.4, 0.5) is 0 Å². The third-order valence-electron chi connectivity index (χ3n) is 0. The van der Waals surface area contributed by atoms with Crippen molar-refractivity contribution in [3.8, 4) is 0 Å². The van der Waals surface area contributed by atoms with Gasteiger partial charge in [0.05, 0.1) is 0 Å². The molecule has 0 aromatic carbocycles. The summed E-state index contributed by atoms with van der Waals surface area (Å²) < 4.78 is 8.44. The van der Waals surface area contributed by atoms with E-state index in [2.05, 4.69) is 0 Å². The Hall–Kier alpha value is 0.655. The summed E-state index contributed by atoms with van der Waals surface area (Å²) in [4.78, 5) is 0. The maximum absolute atomic E-state index is 8.44. The molecular formula is H2HgO3. The summed E-state index contributed by atoms with van der Waals surface area (Å²) in [6, 6.07) is 0. The van der Waals surface area contributed by atoms with Gasteiger partial charge in [-0.15, -0.1) is 0 Å². The van der Waals surface area contributed by atoms with E-state index >= 15 is 0 Å². The second-order valence-corrected chi connectivity index (χ2v) is 0. The van der Waals surface area contributed by atoms with Gasteiger partial charge in [-0.25, -0.2) is 0 Å². The van der Waals surface area contributed by atoms with E-state index in [0.29, 0.717) is 0 Å². The minimum absolute atomic E-state index is 0.222. The maximum atomic E-state index is 8.44. The van der Waals surface area contributed by atoms with Gasteiger partial charge in [0.2, 0.25) is 0 Å². The predicted octanol–water partition coefficient (Wildman–Crippen LogP) is -0.104. The molecular weight excluding hydrogens is 249 g/mol. The summed E-state index contributed by atoms with van der Waals surface area (Å²) in [7, 11) is 0. The van der Waals surface area contributed by atoms with Gasteiger partial charge in [0.1, 0.15) is 0 Å². The predicted molar refractivity (Wildman–Crippen MR) is 5.94 cm³/mol. The molecule has 0 aliphatic heterocycles. The van der Waals surface area contributed by atoms with Crippen LogP contribution in [0.1, 0.15) is 0 Å². The molecule has 0 amide bonds. The summed E-state index contributed by atoms with van der Waals surface area (Å²) in [5.41, 5.74) is 0. The zero-order valence-corrected chi connectivity index (χ0v) is 7.51. The summed E-state index contributed by atoms with van der Waals surface area (Å²) in [6.07, 6.45) is 0. The van der Waals surface area contributed by atoms with E-state index in [1.165, 1.54) is 0 Å². The van der Waals surface area contributed by atoms with Crippen LogP contribution < -0.4 is 0 Å². The van der Waals surface area contributed by atoms with Gasteiger partial charge in [-0.3, -0.25) is 10.5 Å². The number of rotatable bonds is 0. The average molecular weight is 251 g/mol. The first-order chi connectivity index (χ1) is 2.00. The molecule has 0 atom stereocenters. The monoisotopic (exact) mass is 252 g/mol. The van der Waals surface area contributed by atoms with Crippen LogP contribution in [-0.4, -0.2) is 10.5 Å². The van der Waals surface area contributed by atoms with Gasteiger partial charge in [-0.05, 0) is 0 Å². The zero-order valence-electron chi connectivity index (χ0n) is 2.01. The van der Waals surface area contributed by atoms with Crippen molar-refractivity contribution in [1.29, 1.82) is 0 Å². The Balaban J connectivity index is 0. The summed E-state index contributed by atoms with van der Waals surface area (Å²) >= 11 is -0.222. The van der Waals surface area contributed by atoms with Gasteiger partial charge in [-0.2, -0.15) is 0 Å². The minimum atomic E-state index is -0.222. The zero-order chi connectivity index (χ0) is 4.00. The fourth-order valence-corrected chi connectivity index (χ4v) is 0. The van der Waals surface area contributed by atoms with Crippen molar-refractivity contribution >= 4 is 0 Å². The van der Waals surface area contributed by atoms with Gasteiger partial charge >= 0.3 is 28.8 Å². The van der Waals surface area contributed by atoms with Crippen LogP contribution in [0.3, 0.4) is 0 Å². The second-order valence-electron chi connectivity index (χ2n) is 0. The van der Waals surface area contributed by atoms with Crippen molar-refractivity contribution in [1.82, 2.24) is 0 Å². The van der Waals surface area contributed by atoms with E-state index in [-0.39, 0.29) is 26.1 Å².